The van der Waals surface area contributed by atoms with Crippen molar-refractivity contribution in [1.29, 1.82) is 0 Å². The number of carbonyl (C=O) groups excluding carboxylic acids is 1. The predicted molar refractivity (Wildman–Crippen MR) is 112 cm³/mol. The zero-order valence-electron chi connectivity index (χ0n) is 17.5. The van der Waals surface area contributed by atoms with Crippen LogP contribution in [0.2, 0.25) is 0 Å². The van der Waals surface area contributed by atoms with Crippen molar-refractivity contribution < 1.29 is 14.3 Å². The maximum atomic E-state index is 11.9. The van der Waals surface area contributed by atoms with E-state index in [4.69, 9.17) is 14.5 Å². The van der Waals surface area contributed by atoms with Gasteiger partial charge in [0.05, 0.1) is 25.7 Å². The molecule has 0 amide bonds. The van der Waals surface area contributed by atoms with E-state index in [-0.39, 0.29) is 11.9 Å². The van der Waals surface area contributed by atoms with Crippen LogP contribution in [0.4, 0.5) is 0 Å². The number of rotatable bonds is 9. The number of hydrogen-bond donors (Lipinski definition) is 1. The Balaban J connectivity index is 1.77. The van der Waals surface area contributed by atoms with Crippen molar-refractivity contribution in [2.45, 2.75) is 40.2 Å². The smallest absolute Gasteiger partial charge is 0.309 e. The lowest BCUT2D eigenvalue weighted by Gasteiger charge is -2.33. The number of hydrogen-bond acceptors (Lipinski definition) is 4. The van der Waals surface area contributed by atoms with E-state index in [0.29, 0.717) is 25.7 Å². The second-order valence-electron chi connectivity index (χ2n) is 7.31. The van der Waals surface area contributed by atoms with E-state index in [2.05, 4.69) is 36.2 Å². The van der Waals surface area contributed by atoms with Crippen LogP contribution in [-0.4, -0.2) is 56.2 Å². The maximum Gasteiger partial charge on any atom is 0.309 e. The molecule has 2 rings (SSSR count). The summed E-state index contributed by atoms with van der Waals surface area (Å²) >= 11 is 0. The fourth-order valence-corrected chi connectivity index (χ4v) is 3.26. The van der Waals surface area contributed by atoms with Gasteiger partial charge < -0.3 is 19.7 Å². The lowest BCUT2D eigenvalue weighted by molar-refractivity contribution is -0.149. The zero-order chi connectivity index (χ0) is 20.2. The molecule has 0 aliphatic carbocycles. The van der Waals surface area contributed by atoms with E-state index in [1.807, 2.05) is 25.1 Å². The van der Waals surface area contributed by atoms with Gasteiger partial charge in [-0.3, -0.25) is 9.79 Å². The van der Waals surface area contributed by atoms with E-state index < -0.39 is 0 Å². The summed E-state index contributed by atoms with van der Waals surface area (Å²) in [5.74, 6) is 1.23. The number of aliphatic imine (C=N–C) groups is 1. The molecule has 6 heteroatoms. The molecule has 0 radical (unpaired) electrons. The fraction of sp³-hybridized carbons (Fsp3) is 0.636. The Morgan fingerprint density at radius 2 is 1.96 bits per heavy atom. The topological polar surface area (TPSA) is 63.2 Å². The summed E-state index contributed by atoms with van der Waals surface area (Å²) in [6, 6.07) is 10.2. The molecule has 1 N–H and O–H groups in total. The Bertz CT molecular complexity index is 598. The van der Waals surface area contributed by atoms with Gasteiger partial charge >= 0.3 is 5.97 Å². The lowest BCUT2D eigenvalue weighted by Crippen LogP contribution is -2.47. The molecular weight excluding hydrogens is 354 g/mol. The molecule has 1 aromatic rings. The summed E-state index contributed by atoms with van der Waals surface area (Å²) in [6.45, 7) is 11.1. The van der Waals surface area contributed by atoms with Crippen molar-refractivity contribution in [2.75, 3.05) is 39.4 Å². The highest BCUT2D eigenvalue weighted by Gasteiger charge is 2.27. The van der Waals surface area contributed by atoms with Crippen molar-refractivity contribution in [1.82, 2.24) is 10.2 Å². The summed E-state index contributed by atoms with van der Waals surface area (Å²) in [5, 5.41) is 3.38. The molecular formula is C22H35N3O3. The van der Waals surface area contributed by atoms with Gasteiger partial charge in [0.25, 0.3) is 0 Å². The number of piperidine rings is 1. The van der Waals surface area contributed by atoms with E-state index in [1.54, 1.807) is 0 Å². The number of esters is 1. The summed E-state index contributed by atoms with van der Waals surface area (Å²) in [7, 11) is 0. The van der Waals surface area contributed by atoms with Gasteiger partial charge in [-0.05, 0) is 38.2 Å². The monoisotopic (exact) mass is 389 g/mol. The molecule has 1 unspecified atom stereocenters. The van der Waals surface area contributed by atoms with Crippen molar-refractivity contribution in [3.8, 4) is 0 Å². The van der Waals surface area contributed by atoms with E-state index in [1.165, 1.54) is 5.56 Å². The van der Waals surface area contributed by atoms with Gasteiger partial charge in [-0.2, -0.15) is 0 Å². The van der Waals surface area contributed by atoms with Gasteiger partial charge in [-0.15, -0.1) is 0 Å². The van der Waals surface area contributed by atoms with Crippen LogP contribution in [0, 0.1) is 11.8 Å². The molecule has 1 fully saturated rings. The van der Waals surface area contributed by atoms with Crippen molar-refractivity contribution in [2.24, 2.45) is 16.8 Å². The van der Waals surface area contributed by atoms with Gasteiger partial charge in [-0.25, -0.2) is 0 Å². The van der Waals surface area contributed by atoms with E-state index >= 15 is 0 Å². The zero-order valence-corrected chi connectivity index (χ0v) is 17.5. The average Bonchev–Trinajstić information content (AvgIpc) is 2.72. The van der Waals surface area contributed by atoms with Crippen LogP contribution < -0.4 is 5.32 Å². The third-order valence-electron chi connectivity index (χ3n) is 4.82. The SMILES string of the molecule is CCNC(=NCC(C)COCc1ccccc1)N1CCC(C(=O)OCC)CC1. The number of guanidine groups is 1. The van der Waals surface area contributed by atoms with Crippen LogP contribution in [-0.2, 0) is 20.9 Å². The summed E-state index contributed by atoms with van der Waals surface area (Å²) in [5.41, 5.74) is 1.19. The summed E-state index contributed by atoms with van der Waals surface area (Å²) < 4.78 is 11.0. The average molecular weight is 390 g/mol. The fourth-order valence-electron chi connectivity index (χ4n) is 3.26. The van der Waals surface area contributed by atoms with Gasteiger partial charge in [0.15, 0.2) is 5.96 Å². The normalized spacial score (nSPS) is 16.7. The Labute approximate surface area is 169 Å². The van der Waals surface area contributed by atoms with E-state index in [0.717, 1.165) is 45.0 Å². The highest BCUT2D eigenvalue weighted by atomic mass is 16.5. The molecule has 1 aliphatic rings. The number of nitrogens with zero attached hydrogens (tertiary/aromatic N) is 2. The van der Waals surface area contributed by atoms with Gasteiger partial charge in [0, 0.05) is 26.2 Å². The third kappa shape index (κ3) is 7.50. The van der Waals surface area contributed by atoms with Gasteiger partial charge in [0.2, 0.25) is 0 Å². The Kier molecular flexibility index (Phi) is 9.83. The molecule has 0 saturated carbocycles. The largest absolute Gasteiger partial charge is 0.466 e. The van der Waals surface area contributed by atoms with Crippen molar-refractivity contribution >= 4 is 11.9 Å². The first-order chi connectivity index (χ1) is 13.6. The Hall–Kier alpha value is -2.08. The Morgan fingerprint density at radius 3 is 2.61 bits per heavy atom. The second kappa shape index (κ2) is 12.4. The number of ether oxygens (including phenoxy) is 2. The highest BCUT2D eigenvalue weighted by molar-refractivity contribution is 5.80. The van der Waals surface area contributed by atoms with Crippen LogP contribution in [0.3, 0.4) is 0 Å². The van der Waals surface area contributed by atoms with Gasteiger partial charge in [-0.1, -0.05) is 37.3 Å². The van der Waals surface area contributed by atoms with Crippen LogP contribution >= 0.6 is 0 Å². The molecule has 156 valence electrons. The maximum absolute atomic E-state index is 11.9. The minimum Gasteiger partial charge on any atom is -0.466 e. The summed E-state index contributed by atoms with van der Waals surface area (Å²) in [4.78, 5) is 19.0. The van der Waals surface area contributed by atoms with Crippen LogP contribution in [0.1, 0.15) is 39.2 Å². The Morgan fingerprint density at radius 1 is 1.25 bits per heavy atom. The summed E-state index contributed by atoms with van der Waals surface area (Å²) in [6.07, 6.45) is 1.64. The molecule has 0 bridgehead atoms. The molecule has 1 aliphatic heterocycles. The highest BCUT2D eigenvalue weighted by Crippen LogP contribution is 2.19. The number of benzene rings is 1. The lowest BCUT2D eigenvalue weighted by atomic mass is 9.97. The number of nitrogens with one attached hydrogen (secondary N) is 1. The molecule has 6 nitrogen and oxygen atoms in total. The molecule has 0 aromatic heterocycles. The molecule has 0 spiro atoms. The first-order valence-electron chi connectivity index (χ1n) is 10.5. The van der Waals surface area contributed by atoms with Gasteiger partial charge in [0.1, 0.15) is 0 Å². The number of likely N-dealkylation sites (tertiary alicyclic amines) is 1. The van der Waals surface area contributed by atoms with Crippen molar-refractivity contribution in [3.63, 3.8) is 0 Å². The first-order valence-corrected chi connectivity index (χ1v) is 10.5. The van der Waals surface area contributed by atoms with Crippen molar-refractivity contribution in [3.05, 3.63) is 35.9 Å². The van der Waals surface area contributed by atoms with Crippen LogP contribution in [0.5, 0.6) is 0 Å². The predicted octanol–water partition coefficient (Wildman–Crippen LogP) is 3.08. The minimum absolute atomic E-state index is 0.0180. The first kappa shape index (κ1) is 22.2. The molecule has 1 heterocycles. The second-order valence-corrected chi connectivity index (χ2v) is 7.31. The molecule has 1 atom stereocenters. The molecule has 28 heavy (non-hydrogen) atoms. The van der Waals surface area contributed by atoms with Crippen LogP contribution in [0.15, 0.2) is 35.3 Å². The third-order valence-corrected chi connectivity index (χ3v) is 4.82. The molecule has 1 saturated heterocycles. The number of carbonyl (C=O) groups is 1. The molecule has 1 aromatic carbocycles. The minimum atomic E-state index is -0.0618. The van der Waals surface area contributed by atoms with Crippen LogP contribution in [0.25, 0.3) is 0 Å². The van der Waals surface area contributed by atoms with E-state index in [9.17, 15) is 4.79 Å². The standard InChI is InChI=1S/C22H35N3O3/c1-4-23-22(25-13-11-20(12-14-25)21(26)28-5-2)24-15-18(3)16-27-17-19-9-7-6-8-10-19/h6-10,18,20H,4-5,11-17H2,1-3H3,(H,23,24). The quantitative estimate of drug-likeness (QED) is 0.399.